The molecule has 0 fully saturated rings. The highest BCUT2D eigenvalue weighted by Crippen LogP contribution is 2.26. The maximum absolute atomic E-state index is 10.8. The van der Waals surface area contributed by atoms with Crippen LogP contribution >= 0.6 is 11.6 Å². The third-order valence-electron chi connectivity index (χ3n) is 3.09. The lowest BCUT2D eigenvalue weighted by Gasteiger charge is -2.09. The molecule has 2 aromatic rings. The first kappa shape index (κ1) is 14.4. The van der Waals surface area contributed by atoms with Crippen LogP contribution in [0.3, 0.4) is 0 Å². The normalized spacial score (nSPS) is 12.2. The van der Waals surface area contributed by atoms with Gasteiger partial charge in [0.1, 0.15) is 17.4 Å². The van der Waals surface area contributed by atoms with Crippen LogP contribution in [0, 0.1) is 11.3 Å². The number of aryl methyl sites for hydroxylation is 1. The second-order valence-electron chi connectivity index (χ2n) is 4.59. The molecule has 2 N–H and O–H groups in total. The molecule has 0 aliphatic rings. The smallest absolute Gasteiger partial charge is 0.217 e. The fraction of sp³-hybridized carbons (Fsp3) is 0.357. The summed E-state index contributed by atoms with van der Waals surface area (Å²) in [6, 6.07) is 7.57. The number of nitriles is 1. The highest BCUT2D eigenvalue weighted by atomic mass is 35.5. The van der Waals surface area contributed by atoms with E-state index in [1.807, 2.05) is 23.6 Å². The number of carbonyl (C=O) groups is 1. The van der Waals surface area contributed by atoms with Crippen LogP contribution in [0.4, 0.5) is 0 Å². The van der Waals surface area contributed by atoms with Gasteiger partial charge < -0.3 is 10.3 Å². The number of fused-ring (bicyclic) bond motifs is 1. The van der Waals surface area contributed by atoms with E-state index in [9.17, 15) is 4.79 Å². The molecular weight excluding hydrogens is 276 g/mol. The quantitative estimate of drug-likeness (QED) is 0.858. The number of hydrogen-bond acceptors (Lipinski definition) is 3. The Hall–Kier alpha value is -2.06. The predicted octanol–water partition coefficient (Wildman–Crippen LogP) is 2.47. The molecule has 2 rings (SSSR count). The lowest BCUT2D eigenvalue weighted by atomic mass is 10.2. The summed E-state index contributed by atoms with van der Waals surface area (Å²) < 4.78 is 1.96. The van der Waals surface area contributed by atoms with Crippen molar-refractivity contribution in [3.05, 3.63) is 29.6 Å². The zero-order chi connectivity index (χ0) is 14.7. The van der Waals surface area contributed by atoms with Gasteiger partial charge in [0.2, 0.25) is 5.91 Å². The molecule has 6 heteroatoms. The number of primary amides is 1. The summed E-state index contributed by atoms with van der Waals surface area (Å²) in [7, 11) is 0. The number of para-hydroxylation sites is 1. The van der Waals surface area contributed by atoms with Crippen molar-refractivity contribution < 1.29 is 4.79 Å². The Balaban J connectivity index is 2.47. The van der Waals surface area contributed by atoms with Crippen LogP contribution in [0.1, 0.15) is 36.5 Å². The number of imidazole rings is 1. The lowest BCUT2D eigenvalue weighted by Crippen LogP contribution is -2.12. The Kier molecular flexibility index (Phi) is 4.26. The average Bonchev–Trinajstić information content (AvgIpc) is 2.77. The highest BCUT2D eigenvalue weighted by molar-refractivity contribution is 6.20. The van der Waals surface area contributed by atoms with Crippen LogP contribution in [0.25, 0.3) is 11.0 Å². The van der Waals surface area contributed by atoms with Crippen molar-refractivity contribution >= 4 is 28.5 Å². The van der Waals surface area contributed by atoms with Crippen LogP contribution in [0.15, 0.2) is 18.2 Å². The fourth-order valence-corrected chi connectivity index (χ4v) is 2.37. The fourth-order valence-electron chi connectivity index (χ4n) is 2.21. The first-order chi connectivity index (χ1) is 9.54. The van der Waals surface area contributed by atoms with Crippen LogP contribution in [0.2, 0.25) is 0 Å². The molecule has 0 saturated heterocycles. The molecule has 1 unspecified atom stereocenters. The Morgan fingerprint density at radius 3 is 2.95 bits per heavy atom. The molecule has 0 aliphatic carbocycles. The molecule has 5 nitrogen and oxygen atoms in total. The van der Waals surface area contributed by atoms with Gasteiger partial charge in [-0.2, -0.15) is 5.26 Å². The van der Waals surface area contributed by atoms with E-state index >= 15 is 0 Å². The summed E-state index contributed by atoms with van der Waals surface area (Å²) in [5.74, 6) is 0.376. The van der Waals surface area contributed by atoms with Crippen LogP contribution in [-0.2, 0) is 11.3 Å². The molecule has 0 saturated carbocycles. The zero-order valence-corrected chi connectivity index (χ0v) is 11.9. The van der Waals surface area contributed by atoms with E-state index in [1.54, 1.807) is 6.07 Å². The van der Waals surface area contributed by atoms with Crippen molar-refractivity contribution in [1.82, 2.24) is 9.55 Å². The van der Waals surface area contributed by atoms with Gasteiger partial charge in [0.05, 0.1) is 16.5 Å². The summed E-state index contributed by atoms with van der Waals surface area (Å²) in [5, 5.41) is 8.85. The number of hydrogen-bond donors (Lipinski definition) is 1. The summed E-state index contributed by atoms with van der Waals surface area (Å²) in [4.78, 5) is 15.3. The summed E-state index contributed by atoms with van der Waals surface area (Å²) in [5.41, 5.74) is 7.19. The van der Waals surface area contributed by atoms with Crippen molar-refractivity contribution in [3.63, 3.8) is 0 Å². The largest absolute Gasteiger partial charge is 0.370 e. The Labute approximate surface area is 122 Å². The maximum Gasteiger partial charge on any atom is 0.217 e. The number of alkyl halides is 1. The van der Waals surface area contributed by atoms with Gasteiger partial charge in [0, 0.05) is 13.0 Å². The van der Waals surface area contributed by atoms with Gasteiger partial charge in [0.25, 0.3) is 0 Å². The third kappa shape index (κ3) is 2.75. The molecule has 0 radical (unpaired) electrons. The first-order valence-corrected chi connectivity index (χ1v) is 6.80. The molecule has 1 amide bonds. The van der Waals surface area contributed by atoms with Gasteiger partial charge in [0.15, 0.2) is 0 Å². The van der Waals surface area contributed by atoms with Gasteiger partial charge in [-0.25, -0.2) is 4.98 Å². The van der Waals surface area contributed by atoms with Gasteiger partial charge in [-0.3, -0.25) is 4.79 Å². The molecule has 1 heterocycles. The lowest BCUT2D eigenvalue weighted by molar-refractivity contribution is -0.118. The van der Waals surface area contributed by atoms with E-state index in [0.717, 1.165) is 5.52 Å². The number of benzene rings is 1. The molecule has 1 aromatic heterocycles. The van der Waals surface area contributed by atoms with Gasteiger partial charge in [-0.15, -0.1) is 11.6 Å². The van der Waals surface area contributed by atoms with Crippen molar-refractivity contribution in [2.24, 2.45) is 5.73 Å². The minimum absolute atomic E-state index is 0.275. The molecule has 1 atom stereocenters. The van der Waals surface area contributed by atoms with Gasteiger partial charge in [-0.1, -0.05) is 6.07 Å². The SMILES string of the molecule is CC(Cl)c1nc2c(C#N)cccc2n1CCCC(N)=O. The molecule has 0 spiro atoms. The Bertz CT molecular complexity index is 684. The maximum atomic E-state index is 10.8. The molecule has 104 valence electrons. The Morgan fingerprint density at radius 1 is 1.60 bits per heavy atom. The number of halogens is 1. The number of nitrogens with zero attached hydrogens (tertiary/aromatic N) is 3. The monoisotopic (exact) mass is 290 g/mol. The molecule has 20 heavy (non-hydrogen) atoms. The molecule has 0 aliphatic heterocycles. The van der Waals surface area contributed by atoms with Crippen LogP contribution in [-0.4, -0.2) is 15.5 Å². The van der Waals surface area contributed by atoms with Crippen molar-refractivity contribution in [2.45, 2.75) is 31.7 Å². The molecular formula is C14H15ClN4O. The topological polar surface area (TPSA) is 84.7 Å². The van der Waals surface area contributed by atoms with E-state index < -0.39 is 0 Å². The molecule has 0 bridgehead atoms. The van der Waals surface area contributed by atoms with Crippen LogP contribution in [0.5, 0.6) is 0 Å². The summed E-state index contributed by atoms with van der Waals surface area (Å²) in [6.07, 6.45) is 0.932. The predicted molar refractivity (Wildman–Crippen MR) is 77.1 cm³/mol. The van der Waals surface area contributed by atoms with E-state index in [0.29, 0.717) is 36.3 Å². The zero-order valence-electron chi connectivity index (χ0n) is 11.1. The van der Waals surface area contributed by atoms with E-state index in [-0.39, 0.29) is 11.3 Å². The van der Waals surface area contributed by atoms with E-state index in [2.05, 4.69) is 11.1 Å². The number of amides is 1. The van der Waals surface area contributed by atoms with Crippen molar-refractivity contribution in [2.75, 3.05) is 0 Å². The van der Waals surface area contributed by atoms with Crippen LogP contribution < -0.4 is 5.73 Å². The summed E-state index contributed by atoms with van der Waals surface area (Å²) in [6.45, 7) is 2.43. The number of nitrogens with two attached hydrogens (primary N) is 1. The minimum atomic E-state index is -0.326. The van der Waals surface area contributed by atoms with Gasteiger partial charge >= 0.3 is 0 Å². The summed E-state index contributed by atoms with van der Waals surface area (Å²) >= 11 is 6.16. The van der Waals surface area contributed by atoms with E-state index in [1.165, 1.54) is 0 Å². The third-order valence-corrected chi connectivity index (χ3v) is 3.28. The number of aromatic nitrogens is 2. The van der Waals surface area contributed by atoms with Crippen molar-refractivity contribution in [3.8, 4) is 6.07 Å². The van der Waals surface area contributed by atoms with Gasteiger partial charge in [-0.05, 0) is 25.5 Å². The Morgan fingerprint density at radius 2 is 2.35 bits per heavy atom. The number of carbonyl (C=O) groups excluding carboxylic acids is 1. The second-order valence-corrected chi connectivity index (χ2v) is 5.25. The second kappa shape index (κ2) is 5.93. The standard InChI is InChI=1S/C14H15ClN4O/c1-9(15)14-18-13-10(8-16)4-2-5-11(13)19(14)7-3-6-12(17)20/h2,4-5,9H,3,6-7H2,1H3,(H2,17,20). The number of rotatable bonds is 5. The van der Waals surface area contributed by atoms with Crippen molar-refractivity contribution in [1.29, 1.82) is 5.26 Å². The minimum Gasteiger partial charge on any atom is -0.370 e. The average molecular weight is 291 g/mol. The van der Waals surface area contributed by atoms with E-state index in [4.69, 9.17) is 22.6 Å². The highest BCUT2D eigenvalue weighted by Gasteiger charge is 2.16. The molecule has 1 aromatic carbocycles. The first-order valence-electron chi connectivity index (χ1n) is 6.36.